The highest BCUT2D eigenvalue weighted by molar-refractivity contribution is 7.98. The van der Waals surface area contributed by atoms with Crippen LogP contribution >= 0.6 is 34.4 Å². The van der Waals surface area contributed by atoms with Gasteiger partial charge in [0.25, 0.3) is 0 Å². The summed E-state index contributed by atoms with van der Waals surface area (Å²) in [6.45, 7) is 2.97. The van der Waals surface area contributed by atoms with Crippen LogP contribution in [-0.2, 0) is 12.3 Å². The molecule has 0 saturated heterocycles. The molecule has 3 heterocycles. The lowest BCUT2D eigenvalue weighted by atomic mass is 10.3. The molecule has 0 atom stereocenters. The van der Waals surface area contributed by atoms with E-state index >= 15 is 0 Å². The molecule has 0 bridgehead atoms. The minimum Gasteiger partial charge on any atom is -0.332 e. The van der Waals surface area contributed by atoms with Gasteiger partial charge in [-0.3, -0.25) is 0 Å². The molecule has 0 fully saturated rings. The molecule has 0 saturated carbocycles. The van der Waals surface area contributed by atoms with Gasteiger partial charge in [-0.15, -0.1) is 32.9 Å². The molecule has 4 rings (SSSR count). The first kappa shape index (κ1) is 17.3. The number of rotatable bonds is 7. The van der Waals surface area contributed by atoms with Crippen molar-refractivity contribution in [2.45, 2.75) is 24.4 Å². The van der Waals surface area contributed by atoms with E-state index in [2.05, 4.69) is 48.8 Å². The molecule has 1 aromatic carbocycles. The Balaban J connectivity index is 1.43. The lowest BCUT2D eigenvalue weighted by molar-refractivity contribution is 0.688. The van der Waals surface area contributed by atoms with E-state index in [-0.39, 0.29) is 0 Å². The van der Waals surface area contributed by atoms with E-state index in [0.29, 0.717) is 0 Å². The molecule has 0 aliphatic rings. The van der Waals surface area contributed by atoms with E-state index in [9.17, 15) is 0 Å². The van der Waals surface area contributed by atoms with Crippen molar-refractivity contribution >= 4 is 45.3 Å². The van der Waals surface area contributed by atoms with E-state index in [0.717, 1.165) is 44.7 Å². The van der Waals surface area contributed by atoms with Gasteiger partial charge < -0.3 is 9.88 Å². The Morgan fingerprint density at radius 2 is 1.96 bits per heavy atom. The normalized spacial score (nSPS) is 11.0. The number of para-hydroxylation sites is 1. The van der Waals surface area contributed by atoms with Crippen molar-refractivity contribution in [2.24, 2.45) is 0 Å². The number of anilines is 2. The van der Waals surface area contributed by atoms with Gasteiger partial charge in [-0.2, -0.15) is 0 Å². The maximum Gasteiger partial charge on any atom is 0.191 e. The molecule has 0 spiro atoms. The fourth-order valence-corrected chi connectivity index (χ4v) is 4.93. The number of benzene rings is 1. The van der Waals surface area contributed by atoms with Gasteiger partial charge in [0, 0.05) is 23.4 Å². The van der Waals surface area contributed by atoms with Gasteiger partial charge in [-0.25, -0.2) is 4.98 Å². The van der Waals surface area contributed by atoms with Gasteiger partial charge in [0.1, 0.15) is 0 Å². The van der Waals surface area contributed by atoms with Crippen molar-refractivity contribution in [3.63, 3.8) is 0 Å². The molecular weight excluding hydrogens is 382 g/mol. The van der Waals surface area contributed by atoms with E-state index in [1.54, 1.807) is 34.4 Å². The summed E-state index contributed by atoms with van der Waals surface area (Å²) in [5.74, 6) is 1.71. The van der Waals surface area contributed by atoms with E-state index in [1.807, 2.05) is 36.4 Å². The zero-order valence-electron chi connectivity index (χ0n) is 14.1. The SMILES string of the molecule is CCn1c(SCc2csc(Nc3ccccc3)n2)nnc1-c1cccs1. The zero-order valence-corrected chi connectivity index (χ0v) is 16.6. The third-order valence-electron chi connectivity index (χ3n) is 3.70. The number of hydrogen-bond donors (Lipinski definition) is 1. The number of nitrogens with one attached hydrogen (secondary N) is 1. The maximum absolute atomic E-state index is 4.66. The second-order valence-corrected chi connectivity index (χ2v) is 8.20. The molecule has 8 heteroatoms. The van der Waals surface area contributed by atoms with Crippen LogP contribution in [-0.4, -0.2) is 19.7 Å². The van der Waals surface area contributed by atoms with Crippen LogP contribution < -0.4 is 5.32 Å². The van der Waals surface area contributed by atoms with Gasteiger partial charge in [0.05, 0.1) is 10.6 Å². The predicted octanol–water partition coefficient (Wildman–Crippen LogP) is 5.52. The smallest absolute Gasteiger partial charge is 0.191 e. The first-order chi connectivity index (χ1) is 12.8. The minimum absolute atomic E-state index is 0.773. The van der Waals surface area contributed by atoms with Gasteiger partial charge in [0.2, 0.25) is 0 Å². The van der Waals surface area contributed by atoms with Gasteiger partial charge >= 0.3 is 0 Å². The number of thiazole rings is 1. The summed E-state index contributed by atoms with van der Waals surface area (Å²) in [7, 11) is 0. The molecule has 0 aliphatic heterocycles. The summed E-state index contributed by atoms with van der Waals surface area (Å²) in [4.78, 5) is 5.81. The first-order valence-electron chi connectivity index (χ1n) is 8.20. The number of nitrogens with zero attached hydrogens (tertiary/aromatic N) is 4. The maximum atomic E-state index is 4.66. The molecule has 0 aliphatic carbocycles. The monoisotopic (exact) mass is 399 g/mol. The van der Waals surface area contributed by atoms with E-state index in [1.165, 1.54) is 0 Å². The van der Waals surface area contributed by atoms with Crippen molar-refractivity contribution in [1.82, 2.24) is 19.7 Å². The van der Waals surface area contributed by atoms with E-state index in [4.69, 9.17) is 0 Å². The quantitative estimate of drug-likeness (QED) is 0.415. The molecule has 132 valence electrons. The molecule has 3 aromatic heterocycles. The van der Waals surface area contributed by atoms with Crippen LogP contribution in [0.1, 0.15) is 12.6 Å². The summed E-state index contributed by atoms with van der Waals surface area (Å²) in [5.41, 5.74) is 2.09. The van der Waals surface area contributed by atoms with Crippen LogP contribution in [0.3, 0.4) is 0 Å². The lowest BCUT2D eigenvalue weighted by Crippen LogP contribution is -1.99. The molecule has 1 N–H and O–H groups in total. The van der Waals surface area contributed by atoms with Crippen molar-refractivity contribution in [1.29, 1.82) is 0 Å². The Bertz CT molecular complexity index is 960. The number of thiophene rings is 1. The second-order valence-electron chi connectivity index (χ2n) is 5.45. The molecule has 0 amide bonds. The first-order valence-corrected chi connectivity index (χ1v) is 10.9. The van der Waals surface area contributed by atoms with Crippen LogP contribution in [0.15, 0.2) is 58.4 Å². The number of thioether (sulfide) groups is 1. The summed E-state index contributed by atoms with van der Waals surface area (Å²) >= 11 is 4.97. The van der Waals surface area contributed by atoms with E-state index < -0.39 is 0 Å². The van der Waals surface area contributed by atoms with Crippen LogP contribution in [0.25, 0.3) is 10.7 Å². The summed E-state index contributed by atoms with van der Waals surface area (Å²) < 4.78 is 2.16. The Labute approximate surface area is 164 Å². The average Bonchev–Trinajstić information content (AvgIpc) is 3.41. The fourth-order valence-electron chi connectivity index (χ4n) is 2.48. The largest absolute Gasteiger partial charge is 0.332 e. The van der Waals surface area contributed by atoms with Crippen LogP contribution in [0.2, 0.25) is 0 Å². The highest BCUT2D eigenvalue weighted by Crippen LogP contribution is 2.30. The molecule has 0 radical (unpaired) electrons. The Morgan fingerprint density at radius 3 is 2.73 bits per heavy atom. The molecule has 4 aromatic rings. The molecule has 0 unspecified atom stereocenters. The Morgan fingerprint density at radius 1 is 1.08 bits per heavy atom. The second kappa shape index (κ2) is 8.03. The third-order valence-corrected chi connectivity index (χ3v) is 6.37. The molecule has 26 heavy (non-hydrogen) atoms. The third kappa shape index (κ3) is 3.82. The van der Waals surface area contributed by atoms with Crippen molar-refractivity contribution in [3.8, 4) is 10.7 Å². The van der Waals surface area contributed by atoms with Crippen LogP contribution in [0.5, 0.6) is 0 Å². The summed E-state index contributed by atoms with van der Waals surface area (Å²) in [6, 6.07) is 14.2. The highest BCUT2D eigenvalue weighted by atomic mass is 32.2. The van der Waals surface area contributed by atoms with Crippen LogP contribution in [0, 0.1) is 0 Å². The van der Waals surface area contributed by atoms with Gasteiger partial charge in [0.15, 0.2) is 16.1 Å². The fraction of sp³-hybridized carbons (Fsp3) is 0.167. The summed E-state index contributed by atoms with van der Waals surface area (Å²) in [5, 5.41) is 18.1. The average molecular weight is 400 g/mol. The number of hydrogen-bond acceptors (Lipinski definition) is 7. The Kier molecular flexibility index (Phi) is 5.33. The van der Waals surface area contributed by atoms with Crippen molar-refractivity contribution < 1.29 is 0 Å². The van der Waals surface area contributed by atoms with Gasteiger partial charge in [-0.05, 0) is 30.5 Å². The molecular formula is C18H17N5S3. The lowest BCUT2D eigenvalue weighted by Gasteiger charge is -2.05. The Hall–Kier alpha value is -2.16. The topological polar surface area (TPSA) is 55.6 Å². The number of aromatic nitrogens is 4. The van der Waals surface area contributed by atoms with Crippen LogP contribution in [0.4, 0.5) is 10.8 Å². The zero-order chi connectivity index (χ0) is 17.8. The minimum atomic E-state index is 0.773. The van der Waals surface area contributed by atoms with Crippen molar-refractivity contribution in [2.75, 3.05) is 5.32 Å². The van der Waals surface area contributed by atoms with Gasteiger partial charge in [-0.1, -0.05) is 36.0 Å². The standard InChI is InChI=1S/C18H17N5S3/c1-2-23-16(15-9-6-10-24-15)21-22-18(23)26-12-14-11-25-17(20-14)19-13-7-4-3-5-8-13/h3-11H,2,12H2,1H3,(H,19,20). The summed E-state index contributed by atoms with van der Waals surface area (Å²) in [6.07, 6.45) is 0. The predicted molar refractivity (Wildman–Crippen MR) is 110 cm³/mol. The van der Waals surface area contributed by atoms with Crippen molar-refractivity contribution in [3.05, 3.63) is 58.9 Å². The molecule has 5 nitrogen and oxygen atoms in total. The highest BCUT2D eigenvalue weighted by Gasteiger charge is 2.14.